The van der Waals surface area contributed by atoms with E-state index in [0.717, 1.165) is 12.3 Å². The number of methoxy groups -OCH3 is 1. The van der Waals surface area contributed by atoms with E-state index in [1.165, 1.54) is 6.07 Å². The number of esters is 1. The SMILES string of the molecule is COCCCOC(=O)c1ccc(F)nc1. The van der Waals surface area contributed by atoms with E-state index in [1.54, 1.807) is 7.11 Å². The summed E-state index contributed by atoms with van der Waals surface area (Å²) in [6.45, 7) is 0.818. The van der Waals surface area contributed by atoms with Gasteiger partial charge in [0.05, 0.1) is 12.2 Å². The van der Waals surface area contributed by atoms with Gasteiger partial charge >= 0.3 is 5.97 Å². The summed E-state index contributed by atoms with van der Waals surface area (Å²) in [5, 5.41) is 0. The average Bonchev–Trinajstić information content (AvgIpc) is 2.25. The first-order valence-corrected chi connectivity index (χ1v) is 4.51. The standard InChI is InChI=1S/C10H12FNO3/c1-14-5-2-6-15-10(13)8-3-4-9(11)12-7-8/h3-4,7H,2,5-6H2,1H3. The van der Waals surface area contributed by atoms with Crippen molar-refractivity contribution in [2.45, 2.75) is 6.42 Å². The fourth-order valence-electron chi connectivity index (χ4n) is 0.948. The number of halogens is 1. The van der Waals surface area contributed by atoms with E-state index in [4.69, 9.17) is 9.47 Å². The maximum atomic E-state index is 12.4. The highest BCUT2D eigenvalue weighted by molar-refractivity contribution is 5.88. The van der Waals surface area contributed by atoms with E-state index in [-0.39, 0.29) is 12.2 Å². The molecule has 0 aromatic carbocycles. The van der Waals surface area contributed by atoms with Crippen LogP contribution in [0.3, 0.4) is 0 Å². The normalized spacial score (nSPS) is 10.0. The number of nitrogens with zero attached hydrogens (tertiary/aromatic N) is 1. The second-order valence-electron chi connectivity index (χ2n) is 2.85. The molecule has 0 N–H and O–H groups in total. The largest absolute Gasteiger partial charge is 0.462 e. The molecule has 0 atom stereocenters. The van der Waals surface area contributed by atoms with Crippen molar-refractivity contribution in [3.8, 4) is 0 Å². The summed E-state index contributed by atoms with van der Waals surface area (Å²) in [6.07, 6.45) is 1.78. The molecule has 0 fully saturated rings. The maximum Gasteiger partial charge on any atom is 0.339 e. The first-order valence-electron chi connectivity index (χ1n) is 4.51. The lowest BCUT2D eigenvalue weighted by molar-refractivity contribution is 0.0468. The maximum absolute atomic E-state index is 12.4. The quantitative estimate of drug-likeness (QED) is 0.421. The van der Waals surface area contributed by atoms with Crippen LogP contribution in [0.4, 0.5) is 4.39 Å². The third kappa shape index (κ3) is 4.03. The molecule has 0 spiro atoms. The molecule has 1 aromatic rings. The molecule has 1 rings (SSSR count). The summed E-state index contributed by atoms with van der Waals surface area (Å²) in [7, 11) is 1.58. The topological polar surface area (TPSA) is 48.4 Å². The zero-order chi connectivity index (χ0) is 11.1. The molecule has 0 aliphatic heterocycles. The second-order valence-corrected chi connectivity index (χ2v) is 2.85. The number of hydrogen-bond acceptors (Lipinski definition) is 4. The Morgan fingerprint density at radius 3 is 2.87 bits per heavy atom. The molecule has 15 heavy (non-hydrogen) atoms. The molecular weight excluding hydrogens is 201 g/mol. The average molecular weight is 213 g/mol. The highest BCUT2D eigenvalue weighted by Gasteiger charge is 2.06. The van der Waals surface area contributed by atoms with Gasteiger partial charge in [-0.2, -0.15) is 4.39 Å². The van der Waals surface area contributed by atoms with Crippen molar-refractivity contribution in [3.05, 3.63) is 29.8 Å². The molecule has 0 amide bonds. The lowest BCUT2D eigenvalue weighted by Gasteiger charge is -2.03. The van der Waals surface area contributed by atoms with Crippen LogP contribution in [0.2, 0.25) is 0 Å². The molecular formula is C10H12FNO3. The zero-order valence-corrected chi connectivity index (χ0v) is 8.40. The molecule has 0 aliphatic carbocycles. The van der Waals surface area contributed by atoms with Gasteiger partial charge in [-0.25, -0.2) is 9.78 Å². The third-order valence-electron chi connectivity index (χ3n) is 1.69. The summed E-state index contributed by atoms with van der Waals surface area (Å²) >= 11 is 0. The van der Waals surface area contributed by atoms with Gasteiger partial charge in [0, 0.05) is 26.3 Å². The van der Waals surface area contributed by atoms with Crippen molar-refractivity contribution in [2.75, 3.05) is 20.3 Å². The molecule has 0 aliphatic rings. The summed E-state index contributed by atoms with van der Waals surface area (Å²) < 4.78 is 22.1. The summed E-state index contributed by atoms with van der Waals surface area (Å²) in [5.74, 6) is -1.12. The van der Waals surface area contributed by atoms with E-state index < -0.39 is 11.9 Å². The molecule has 0 unspecified atom stereocenters. The lowest BCUT2D eigenvalue weighted by atomic mass is 10.3. The van der Waals surface area contributed by atoms with Crippen LogP contribution < -0.4 is 0 Å². The van der Waals surface area contributed by atoms with Gasteiger partial charge in [0.15, 0.2) is 0 Å². The summed E-state index contributed by atoms with van der Waals surface area (Å²) in [5.41, 5.74) is 0.244. The number of hydrogen-bond donors (Lipinski definition) is 0. The van der Waals surface area contributed by atoms with E-state index in [2.05, 4.69) is 4.98 Å². The Hall–Kier alpha value is -1.49. The first kappa shape index (κ1) is 11.6. The van der Waals surface area contributed by atoms with E-state index >= 15 is 0 Å². The van der Waals surface area contributed by atoms with E-state index in [0.29, 0.717) is 13.0 Å². The highest BCUT2D eigenvalue weighted by atomic mass is 19.1. The minimum atomic E-state index is -0.620. The molecule has 1 aromatic heterocycles. The Bertz CT molecular complexity index is 313. The zero-order valence-electron chi connectivity index (χ0n) is 8.40. The number of ether oxygens (including phenoxy) is 2. The Morgan fingerprint density at radius 1 is 1.47 bits per heavy atom. The molecule has 0 saturated carbocycles. The minimum absolute atomic E-state index is 0.244. The number of pyridine rings is 1. The second kappa shape index (κ2) is 6.08. The van der Waals surface area contributed by atoms with Crippen LogP contribution in [-0.4, -0.2) is 31.3 Å². The van der Waals surface area contributed by atoms with Gasteiger partial charge in [0.1, 0.15) is 0 Å². The predicted molar refractivity (Wildman–Crippen MR) is 51.0 cm³/mol. The van der Waals surface area contributed by atoms with Crippen molar-refractivity contribution < 1.29 is 18.7 Å². The first-order chi connectivity index (χ1) is 7.24. The Kier molecular flexibility index (Phi) is 4.70. The van der Waals surface area contributed by atoms with Crippen LogP contribution in [0.1, 0.15) is 16.8 Å². The monoisotopic (exact) mass is 213 g/mol. The minimum Gasteiger partial charge on any atom is -0.462 e. The number of aromatic nitrogens is 1. The van der Waals surface area contributed by atoms with E-state index in [9.17, 15) is 9.18 Å². The molecule has 82 valence electrons. The van der Waals surface area contributed by atoms with Gasteiger partial charge in [-0.3, -0.25) is 0 Å². The summed E-state index contributed by atoms with van der Waals surface area (Å²) in [4.78, 5) is 14.6. The third-order valence-corrected chi connectivity index (χ3v) is 1.69. The van der Waals surface area contributed by atoms with Gasteiger partial charge < -0.3 is 9.47 Å². The van der Waals surface area contributed by atoms with Crippen molar-refractivity contribution in [3.63, 3.8) is 0 Å². The smallest absolute Gasteiger partial charge is 0.339 e. The van der Waals surface area contributed by atoms with Gasteiger partial charge in [0.25, 0.3) is 0 Å². The Labute approximate surface area is 87.0 Å². The molecule has 0 radical (unpaired) electrons. The van der Waals surface area contributed by atoms with Crippen molar-refractivity contribution >= 4 is 5.97 Å². The molecule has 1 heterocycles. The highest BCUT2D eigenvalue weighted by Crippen LogP contribution is 2.01. The summed E-state index contributed by atoms with van der Waals surface area (Å²) in [6, 6.07) is 2.45. The van der Waals surface area contributed by atoms with Crippen LogP contribution in [-0.2, 0) is 9.47 Å². The lowest BCUT2D eigenvalue weighted by Crippen LogP contribution is -2.08. The van der Waals surface area contributed by atoms with Gasteiger partial charge in [-0.15, -0.1) is 0 Å². The molecule has 0 bridgehead atoms. The predicted octanol–water partition coefficient (Wildman–Crippen LogP) is 1.41. The van der Waals surface area contributed by atoms with Crippen LogP contribution in [0, 0.1) is 5.95 Å². The van der Waals surface area contributed by atoms with Gasteiger partial charge in [-0.1, -0.05) is 0 Å². The van der Waals surface area contributed by atoms with Crippen LogP contribution in [0.15, 0.2) is 18.3 Å². The molecule has 5 heteroatoms. The van der Waals surface area contributed by atoms with Crippen LogP contribution in [0.5, 0.6) is 0 Å². The molecule has 4 nitrogen and oxygen atoms in total. The fourth-order valence-corrected chi connectivity index (χ4v) is 0.948. The van der Waals surface area contributed by atoms with Crippen LogP contribution >= 0.6 is 0 Å². The van der Waals surface area contributed by atoms with Crippen molar-refractivity contribution in [1.82, 2.24) is 4.98 Å². The van der Waals surface area contributed by atoms with Gasteiger partial charge in [0.2, 0.25) is 5.95 Å². The van der Waals surface area contributed by atoms with Crippen molar-refractivity contribution in [1.29, 1.82) is 0 Å². The Balaban J connectivity index is 2.37. The molecule has 0 saturated heterocycles. The number of carbonyl (C=O) groups excluding carboxylic acids is 1. The fraction of sp³-hybridized carbons (Fsp3) is 0.400. The Morgan fingerprint density at radius 2 is 2.27 bits per heavy atom. The van der Waals surface area contributed by atoms with Crippen molar-refractivity contribution in [2.24, 2.45) is 0 Å². The number of carbonyl (C=O) groups is 1. The van der Waals surface area contributed by atoms with E-state index in [1.807, 2.05) is 0 Å². The van der Waals surface area contributed by atoms with Crippen LogP contribution in [0.25, 0.3) is 0 Å². The number of rotatable bonds is 5. The van der Waals surface area contributed by atoms with Gasteiger partial charge in [-0.05, 0) is 12.1 Å².